The number of methoxy groups -OCH3 is 2. The first-order valence-corrected chi connectivity index (χ1v) is 6.33. The van der Waals surface area contributed by atoms with E-state index in [4.69, 9.17) is 21.1 Å². The van der Waals surface area contributed by atoms with Crippen LogP contribution in [-0.4, -0.2) is 14.2 Å². The summed E-state index contributed by atoms with van der Waals surface area (Å²) in [6.45, 7) is 4.50. The zero-order valence-electron chi connectivity index (χ0n) is 10.8. The van der Waals surface area contributed by atoms with Crippen LogP contribution in [0, 0.1) is 0 Å². The molecule has 0 heterocycles. The molecule has 1 aromatic carbocycles. The summed E-state index contributed by atoms with van der Waals surface area (Å²) in [6.07, 6.45) is 2.11. The topological polar surface area (TPSA) is 18.5 Å². The van der Waals surface area contributed by atoms with E-state index in [0.29, 0.717) is 0 Å². The van der Waals surface area contributed by atoms with Crippen molar-refractivity contribution in [2.75, 3.05) is 14.2 Å². The predicted molar refractivity (Wildman–Crippen MR) is 70.4 cm³/mol. The Morgan fingerprint density at radius 3 is 2.35 bits per heavy atom. The number of rotatable bonds is 2. The molecule has 1 unspecified atom stereocenters. The summed E-state index contributed by atoms with van der Waals surface area (Å²) in [5.74, 6) is 1.54. The first-order chi connectivity index (χ1) is 7.99. The van der Waals surface area contributed by atoms with E-state index in [9.17, 15) is 0 Å². The van der Waals surface area contributed by atoms with Crippen LogP contribution < -0.4 is 9.47 Å². The third-order valence-corrected chi connectivity index (χ3v) is 4.10. The molecular weight excluding hydrogens is 236 g/mol. The highest BCUT2D eigenvalue weighted by atomic mass is 35.5. The molecule has 1 aliphatic rings. The maximum absolute atomic E-state index is 6.40. The molecule has 17 heavy (non-hydrogen) atoms. The van der Waals surface area contributed by atoms with Crippen molar-refractivity contribution < 1.29 is 9.47 Å². The SMILES string of the molecule is COc1cc2c(cc1OC)C(C)(C)CCC2Cl. The van der Waals surface area contributed by atoms with E-state index in [1.807, 2.05) is 6.07 Å². The summed E-state index contributed by atoms with van der Waals surface area (Å²) in [5.41, 5.74) is 2.61. The number of benzene rings is 1. The van der Waals surface area contributed by atoms with Crippen LogP contribution in [0.25, 0.3) is 0 Å². The number of hydrogen-bond donors (Lipinski definition) is 0. The second kappa shape index (κ2) is 4.41. The van der Waals surface area contributed by atoms with Crippen molar-refractivity contribution in [2.45, 2.75) is 37.5 Å². The van der Waals surface area contributed by atoms with Gasteiger partial charge in [0.05, 0.1) is 19.6 Å². The Labute approximate surface area is 108 Å². The first kappa shape index (κ1) is 12.6. The van der Waals surface area contributed by atoms with Crippen molar-refractivity contribution in [2.24, 2.45) is 0 Å². The monoisotopic (exact) mass is 254 g/mol. The van der Waals surface area contributed by atoms with Gasteiger partial charge in [0, 0.05) is 0 Å². The lowest BCUT2D eigenvalue weighted by molar-refractivity contribution is 0.349. The number of halogens is 1. The molecule has 0 N–H and O–H groups in total. The van der Waals surface area contributed by atoms with E-state index in [0.717, 1.165) is 24.3 Å². The van der Waals surface area contributed by atoms with E-state index in [-0.39, 0.29) is 10.8 Å². The molecule has 0 bridgehead atoms. The van der Waals surface area contributed by atoms with Crippen LogP contribution in [0.15, 0.2) is 12.1 Å². The lowest BCUT2D eigenvalue weighted by atomic mass is 9.72. The molecule has 0 fully saturated rings. The predicted octanol–water partition coefficient (Wildman–Crippen LogP) is 4.06. The van der Waals surface area contributed by atoms with Crippen LogP contribution in [-0.2, 0) is 5.41 Å². The second-order valence-corrected chi connectivity index (χ2v) is 5.71. The fraction of sp³-hybridized carbons (Fsp3) is 0.571. The minimum absolute atomic E-state index is 0.0813. The standard InChI is InChI=1S/C14H19ClO2/c1-14(2)6-5-11(15)9-7-12(16-3)13(17-4)8-10(9)14/h7-8,11H,5-6H2,1-4H3. The maximum atomic E-state index is 6.40. The fourth-order valence-corrected chi connectivity index (χ4v) is 2.81. The minimum Gasteiger partial charge on any atom is -0.493 e. The largest absolute Gasteiger partial charge is 0.493 e. The Morgan fingerprint density at radius 1 is 1.18 bits per heavy atom. The molecule has 1 atom stereocenters. The molecule has 0 amide bonds. The van der Waals surface area contributed by atoms with Gasteiger partial charge in [0.25, 0.3) is 0 Å². The van der Waals surface area contributed by atoms with Crippen LogP contribution in [0.3, 0.4) is 0 Å². The molecule has 94 valence electrons. The van der Waals surface area contributed by atoms with E-state index < -0.39 is 0 Å². The highest BCUT2D eigenvalue weighted by molar-refractivity contribution is 6.21. The highest BCUT2D eigenvalue weighted by Gasteiger charge is 2.33. The quantitative estimate of drug-likeness (QED) is 0.741. The molecule has 3 heteroatoms. The molecule has 1 aliphatic carbocycles. The summed E-state index contributed by atoms with van der Waals surface area (Å²) in [4.78, 5) is 0. The third kappa shape index (κ3) is 2.11. The van der Waals surface area contributed by atoms with Crippen molar-refractivity contribution in [1.29, 1.82) is 0 Å². The normalized spacial score (nSPS) is 21.8. The molecule has 2 rings (SSSR count). The minimum atomic E-state index is 0.0813. The molecule has 1 aromatic rings. The summed E-state index contributed by atoms with van der Waals surface area (Å²) >= 11 is 6.40. The Morgan fingerprint density at radius 2 is 1.76 bits per heavy atom. The lowest BCUT2D eigenvalue weighted by Gasteiger charge is -2.35. The second-order valence-electron chi connectivity index (χ2n) is 5.18. The van der Waals surface area contributed by atoms with Gasteiger partial charge < -0.3 is 9.47 Å². The van der Waals surface area contributed by atoms with E-state index in [1.165, 1.54) is 11.1 Å². The summed E-state index contributed by atoms with van der Waals surface area (Å²) in [7, 11) is 3.32. The Bertz CT molecular complexity index is 426. The smallest absolute Gasteiger partial charge is 0.161 e. The summed E-state index contributed by atoms with van der Waals surface area (Å²) in [6, 6.07) is 4.09. The first-order valence-electron chi connectivity index (χ1n) is 5.90. The average molecular weight is 255 g/mol. The van der Waals surface area contributed by atoms with Gasteiger partial charge in [-0.2, -0.15) is 0 Å². The van der Waals surface area contributed by atoms with Gasteiger partial charge in [0.15, 0.2) is 11.5 Å². The Balaban J connectivity index is 2.61. The van der Waals surface area contributed by atoms with Gasteiger partial charge in [0.1, 0.15) is 0 Å². The van der Waals surface area contributed by atoms with Crippen LogP contribution in [0.4, 0.5) is 0 Å². The number of alkyl halides is 1. The van der Waals surface area contributed by atoms with Crippen LogP contribution in [0.5, 0.6) is 11.5 Å². The molecule has 2 nitrogen and oxygen atoms in total. The van der Waals surface area contributed by atoms with Gasteiger partial charge in [-0.25, -0.2) is 0 Å². The van der Waals surface area contributed by atoms with Crippen molar-refractivity contribution >= 4 is 11.6 Å². The highest BCUT2D eigenvalue weighted by Crippen LogP contribution is 2.47. The Kier molecular flexibility index (Phi) is 3.26. The lowest BCUT2D eigenvalue weighted by Crippen LogP contribution is -2.25. The van der Waals surface area contributed by atoms with Crippen molar-refractivity contribution in [3.05, 3.63) is 23.3 Å². The molecule has 0 aliphatic heterocycles. The summed E-state index contributed by atoms with van der Waals surface area (Å²) < 4.78 is 10.7. The van der Waals surface area contributed by atoms with Crippen molar-refractivity contribution in [1.82, 2.24) is 0 Å². The van der Waals surface area contributed by atoms with Gasteiger partial charge in [0.2, 0.25) is 0 Å². The van der Waals surface area contributed by atoms with Crippen molar-refractivity contribution in [3.8, 4) is 11.5 Å². The number of fused-ring (bicyclic) bond motifs is 1. The van der Waals surface area contributed by atoms with E-state index in [1.54, 1.807) is 14.2 Å². The maximum Gasteiger partial charge on any atom is 0.161 e. The van der Waals surface area contributed by atoms with E-state index >= 15 is 0 Å². The molecule has 0 saturated heterocycles. The number of hydrogen-bond acceptors (Lipinski definition) is 2. The zero-order chi connectivity index (χ0) is 12.6. The van der Waals surface area contributed by atoms with Gasteiger partial charge in [-0.15, -0.1) is 11.6 Å². The van der Waals surface area contributed by atoms with Gasteiger partial charge >= 0.3 is 0 Å². The third-order valence-electron chi connectivity index (χ3n) is 3.65. The summed E-state index contributed by atoms with van der Waals surface area (Å²) in [5, 5.41) is 0.0813. The molecule has 0 saturated carbocycles. The van der Waals surface area contributed by atoms with Gasteiger partial charge in [-0.05, 0) is 41.5 Å². The van der Waals surface area contributed by atoms with Crippen LogP contribution >= 0.6 is 11.6 Å². The van der Waals surface area contributed by atoms with Crippen LogP contribution in [0.2, 0.25) is 0 Å². The molecule has 0 aromatic heterocycles. The molecule has 0 spiro atoms. The van der Waals surface area contributed by atoms with E-state index in [2.05, 4.69) is 19.9 Å². The van der Waals surface area contributed by atoms with Gasteiger partial charge in [-0.3, -0.25) is 0 Å². The zero-order valence-corrected chi connectivity index (χ0v) is 11.6. The molecular formula is C14H19ClO2. The Hall–Kier alpha value is -0.890. The fourth-order valence-electron chi connectivity index (χ4n) is 2.52. The van der Waals surface area contributed by atoms with Crippen molar-refractivity contribution in [3.63, 3.8) is 0 Å². The van der Waals surface area contributed by atoms with Crippen LogP contribution in [0.1, 0.15) is 43.2 Å². The van der Waals surface area contributed by atoms with Gasteiger partial charge in [-0.1, -0.05) is 13.8 Å². The number of ether oxygens (including phenoxy) is 2. The average Bonchev–Trinajstić information content (AvgIpc) is 2.33. The molecule has 0 radical (unpaired) electrons.